The van der Waals surface area contributed by atoms with E-state index in [9.17, 15) is 14.0 Å². The Morgan fingerprint density at radius 1 is 1.17 bits per heavy atom. The summed E-state index contributed by atoms with van der Waals surface area (Å²) in [5.74, 6) is -0.592. The van der Waals surface area contributed by atoms with E-state index in [1.807, 2.05) is 0 Å². The number of benzene rings is 1. The molecular formula is C22H27Cl2FN2O2. The molecule has 0 radical (unpaired) electrons. The molecule has 29 heavy (non-hydrogen) atoms. The fourth-order valence-electron chi connectivity index (χ4n) is 5.60. The van der Waals surface area contributed by atoms with E-state index in [1.165, 1.54) is 19.1 Å². The highest BCUT2D eigenvalue weighted by molar-refractivity contribution is 6.42. The van der Waals surface area contributed by atoms with Crippen LogP contribution < -0.4 is 10.6 Å². The highest BCUT2D eigenvalue weighted by Gasteiger charge is 2.65. The summed E-state index contributed by atoms with van der Waals surface area (Å²) in [4.78, 5) is 24.4. The van der Waals surface area contributed by atoms with Crippen molar-refractivity contribution in [3.05, 3.63) is 33.6 Å². The van der Waals surface area contributed by atoms with E-state index >= 15 is 0 Å². The number of amides is 2. The van der Waals surface area contributed by atoms with E-state index in [-0.39, 0.29) is 39.6 Å². The Bertz CT molecular complexity index is 847. The standard InChI is InChI=1S/C22H27Cl2FN2O2/c1-12(28)26-13-9-22(10-13)11-14(22)20(29)27-19(21(2)7-3-4-8-21)17-16(25)6-5-15(23)18(17)24/h5-6,13-14,19H,3-4,7-11H2,1-2H3,(H,26,28)(H,27,29)/t13?,14?,19-,22?/m1/s1. The Hall–Kier alpha value is -1.33. The van der Waals surface area contributed by atoms with Crippen molar-refractivity contribution in [2.75, 3.05) is 0 Å². The lowest BCUT2D eigenvalue weighted by Crippen LogP contribution is -2.47. The lowest BCUT2D eigenvalue weighted by Gasteiger charge is -2.38. The summed E-state index contributed by atoms with van der Waals surface area (Å²) in [5.41, 5.74) is 0.0385. The SMILES string of the molecule is CC(=O)NC1CC2(C1)CC2C(=O)N[C@H](c1c(F)ccc(Cl)c1Cl)C1(C)CCCC1. The Morgan fingerprint density at radius 3 is 2.45 bits per heavy atom. The van der Waals surface area contributed by atoms with Crippen LogP contribution in [0.5, 0.6) is 0 Å². The molecule has 0 saturated heterocycles. The average Bonchev–Trinajstić information content (AvgIpc) is 3.21. The summed E-state index contributed by atoms with van der Waals surface area (Å²) in [5, 5.41) is 6.56. The molecule has 0 bridgehead atoms. The van der Waals surface area contributed by atoms with E-state index in [0.29, 0.717) is 10.6 Å². The third kappa shape index (κ3) is 3.76. The van der Waals surface area contributed by atoms with Crippen LogP contribution in [0.1, 0.15) is 70.4 Å². The molecular weight excluding hydrogens is 414 g/mol. The van der Waals surface area contributed by atoms with Gasteiger partial charge in [-0.1, -0.05) is 43.0 Å². The van der Waals surface area contributed by atoms with E-state index in [2.05, 4.69) is 17.6 Å². The molecule has 1 aromatic rings. The van der Waals surface area contributed by atoms with Crippen LogP contribution in [0.15, 0.2) is 12.1 Å². The Morgan fingerprint density at radius 2 is 1.83 bits per heavy atom. The highest BCUT2D eigenvalue weighted by atomic mass is 35.5. The van der Waals surface area contributed by atoms with Crippen molar-refractivity contribution >= 4 is 35.0 Å². The smallest absolute Gasteiger partial charge is 0.224 e. The Labute approximate surface area is 180 Å². The molecule has 3 aliphatic rings. The van der Waals surface area contributed by atoms with Gasteiger partial charge in [-0.3, -0.25) is 9.59 Å². The molecule has 3 saturated carbocycles. The van der Waals surface area contributed by atoms with Gasteiger partial charge < -0.3 is 10.6 Å². The highest BCUT2D eigenvalue weighted by Crippen LogP contribution is 2.65. The minimum Gasteiger partial charge on any atom is -0.354 e. The molecule has 2 amide bonds. The summed E-state index contributed by atoms with van der Waals surface area (Å²) in [6.45, 7) is 3.61. The van der Waals surface area contributed by atoms with Gasteiger partial charge in [0.1, 0.15) is 5.82 Å². The summed E-state index contributed by atoms with van der Waals surface area (Å²) in [6, 6.07) is 2.43. The maximum absolute atomic E-state index is 14.8. The van der Waals surface area contributed by atoms with E-state index in [4.69, 9.17) is 23.2 Å². The van der Waals surface area contributed by atoms with Crippen molar-refractivity contribution in [2.24, 2.45) is 16.7 Å². The molecule has 3 aliphatic carbocycles. The molecule has 0 aromatic heterocycles. The molecule has 3 fully saturated rings. The van der Waals surface area contributed by atoms with Gasteiger partial charge in [0.25, 0.3) is 0 Å². The van der Waals surface area contributed by atoms with Crippen LogP contribution in [-0.4, -0.2) is 17.9 Å². The number of hydrogen-bond donors (Lipinski definition) is 2. The number of carbonyl (C=O) groups is 2. The van der Waals surface area contributed by atoms with Crippen LogP contribution in [0.2, 0.25) is 10.0 Å². The zero-order chi connectivity index (χ0) is 21.0. The summed E-state index contributed by atoms with van der Waals surface area (Å²) in [7, 11) is 0. The average molecular weight is 441 g/mol. The van der Waals surface area contributed by atoms with Crippen LogP contribution in [-0.2, 0) is 9.59 Å². The van der Waals surface area contributed by atoms with E-state index in [0.717, 1.165) is 44.9 Å². The molecule has 1 spiro atoms. The van der Waals surface area contributed by atoms with Gasteiger partial charge in [-0.2, -0.15) is 0 Å². The first kappa shape index (κ1) is 20.9. The monoisotopic (exact) mass is 440 g/mol. The number of nitrogens with one attached hydrogen (secondary N) is 2. The predicted octanol–water partition coefficient (Wildman–Crippen LogP) is 5.17. The number of hydrogen-bond acceptors (Lipinski definition) is 2. The predicted molar refractivity (Wildman–Crippen MR) is 111 cm³/mol. The first-order valence-electron chi connectivity index (χ1n) is 10.4. The second kappa shape index (κ2) is 7.42. The van der Waals surface area contributed by atoms with Gasteiger partial charge in [0.15, 0.2) is 0 Å². The molecule has 0 aliphatic heterocycles. The number of carbonyl (C=O) groups excluding carboxylic acids is 2. The first-order chi connectivity index (χ1) is 13.7. The van der Waals surface area contributed by atoms with Crippen molar-refractivity contribution in [2.45, 2.75) is 70.9 Å². The minimum absolute atomic E-state index is 0.00496. The van der Waals surface area contributed by atoms with Gasteiger partial charge in [-0.05, 0) is 55.1 Å². The van der Waals surface area contributed by atoms with Crippen LogP contribution in [0.4, 0.5) is 4.39 Å². The van der Waals surface area contributed by atoms with E-state index < -0.39 is 11.9 Å². The number of rotatable bonds is 5. The molecule has 0 heterocycles. The number of halogens is 3. The third-order valence-electron chi connectivity index (χ3n) is 7.32. The normalized spacial score (nSPS) is 30.5. The van der Waals surface area contributed by atoms with Gasteiger partial charge in [-0.25, -0.2) is 4.39 Å². The molecule has 4 nitrogen and oxygen atoms in total. The summed E-state index contributed by atoms with van der Waals surface area (Å²) >= 11 is 12.6. The second-order valence-electron chi connectivity index (χ2n) is 9.48. The van der Waals surface area contributed by atoms with Gasteiger partial charge in [0, 0.05) is 24.4 Å². The molecule has 1 aromatic carbocycles. The lowest BCUT2D eigenvalue weighted by atomic mass is 9.74. The quantitative estimate of drug-likeness (QED) is 0.619. The minimum atomic E-state index is -0.507. The fourth-order valence-corrected chi connectivity index (χ4v) is 6.02. The van der Waals surface area contributed by atoms with Crippen LogP contribution in [0.3, 0.4) is 0 Å². The second-order valence-corrected chi connectivity index (χ2v) is 10.3. The maximum atomic E-state index is 14.8. The van der Waals surface area contributed by atoms with Crippen molar-refractivity contribution in [1.29, 1.82) is 0 Å². The van der Waals surface area contributed by atoms with Gasteiger partial charge in [0.2, 0.25) is 11.8 Å². The van der Waals surface area contributed by atoms with Gasteiger partial charge in [-0.15, -0.1) is 0 Å². The fraction of sp³-hybridized carbons (Fsp3) is 0.636. The van der Waals surface area contributed by atoms with Crippen molar-refractivity contribution in [3.63, 3.8) is 0 Å². The lowest BCUT2D eigenvalue weighted by molar-refractivity contribution is -0.125. The van der Waals surface area contributed by atoms with Crippen LogP contribution in [0.25, 0.3) is 0 Å². The van der Waals surface area contributed by atoms with Crippen molar-refractivity contribution in [3.8, 4) is 0 Å². The van der Waals surface area contributed by atoms with Crippen LogP contribution in [0, 0.1) is 22.6 Å². The Kier molecular flexibility index (Phi) is 5.35. The summed E-state index contributed by atoms with van der Waals surface area (Å²) in [6.07, 6.45) is 6.39. The molecule has 2 N–H and O–H groups in total. The Balaban J connectivity index is 1.53. The van der Waals surface area contributed by atoms with Gasteiger partial charge in [0.05, 0.1) is 16.1 Å². The van der Waals surface area contributed by atoms with Crippen LogP contribution >= 0.6 is 23.2 Å². The van der Waals surface area contributed by atoms with E-state index in [1.54, 1.807) is 0 Å². The van der Waals surface area contributed by atoms with Crippen molar-refractivity contribution in [1.82, 2.24) is 10.6 Å². The third-order valence-corrected chi connectivity index (χ3v) is 8.14. The maximum Gasteiger partial charge on any atom is 0.224 e. The topological polar surface area (TPSA) is 58.2 Å². The molecule has 4 rings (SSSR count). The van der Waals surface area contributed by atoms with Crippen molar-refractivity contribution < 1.29 is 14.0 Å². The summed E-state index contributed by atoms with van der Waals surface area (Å²) < 4.78 is 14.8. The molecule has 158 valence electrons. The molecule has 7 heteroatoms. The largest absolute Gasteiger partial charge is 0.354 e. The molecule has 2 atom stereocenters. The molecule has 1 unspecified atom stereocenters. The zero-order valence-electron chi connectivity index (χ0n) is 16.8. The van der Waals surface area contributed by atoms with Gasteiger partial charge >= 0.3 is 0 Å². The zero-order valence-corrected chi connectivity index (χ0v) is 18.3. The first-order valence-corrected chi connectivity index (χ1v) is 11.1.